The Hall–Kier alpha value is -0.770. The maximum Gasteiger partial charge on any atom is 0.225 e. The van der Waals surface area contributed by atoms with Crippen molar-refractivity contribution in [3.63, 3.8) is 0 Å². The van der Waals surface area contributed by atoms with Crippen molar-refractivity contribution in [3.05, 3.63) is 28.2 Å². The zero-order chi connectivity index (χ0) is 12.4. The Morgan fingerprint density at radius 2 is 2.18 bits per heavy atom. The molecule has 1 saturated carbocycles. The van der Waals surface area contributed by atoms with Crippen LogP contribution in [-0.2, 0) is 4.79 Å². The number of rotatable bonds is 4. The largest absolute Gasteiger partial charge is 0.327 e. The molecular weight excluding hydrogens is 259 g/mol. The van der Waals surface area contributed by atoms with Crippen LogP contribution in [0.4, 0.5) is 5.69 Å². The van der Waals surface area contributed by atoms with Crippen molar-refractivity contribution in [2.24, 2.45) is 11.7 Å². The van der Waals surface area contributed by atoms with Gasteiger partial charge in [0.05, 0.1) is 10.7 Å². The topological polar surface area (TPSA) is 55.1 Å². The van der Waals surface area contributed by atoms with E-state index in [1.165, 1.54) is 0 Å². The van der Waals surface area contributed by atoms with E-state index in [1.54, 1.807) is 18.2 Å². The average molecular weight is 273 g/mol. The molecule has 2 rings (SSSR count). The van der Waals surface area contributed by atoms with Crippen LogP contribution in [-0.4, -0.2) is 11.9 Å². The SMILES string of the molecule is NC(CC(=O)Nc1cc(Cl)ccc1Cl)C1CC1. The number of hydrogen-bond acceptors (Lipinski definition) is 2. The highest BCUT2D eigenvalue weighted by atomic mass is 35.5. The van der Waals surface area contributed by atoms with Gasteiger partial charge in [-0.1, -0.05) is 23.2 Å². The van der Waals surface area contributed by atoms with E-state index < -0.39 is 0 Å². The molecule has 0 aromatic heterocycles. The van der Waals surface area contributed by atoms with Gasteiger partial charge < -0.3 is 11.1 Å². The summed E-state index contributed by atoms with van der Waals surface area (Å²) in [4.78, 5) is 11.7. The lowest BCUT2D eigenvalue weighted by Crippen LogP contribution is -2.28. The number of hydrogen-bond donors (Lipinski definition) is 2. The number of anilines is 1. The zero-order valence-electron chi connectivity index (χ0n) is 9.25. The van der Waals surface area contributed by atoms with Gasteiger partial charge in [-0.2, -0.15) is 0 Å². The highest BCUT2D eigenvalue weighted by Gasteiger charge is 2.29. The van der Waals surface area contributed by atoms with Crippen LogP contribution < -0.4 is 11.1 Å². The molecule has 1 aliphatic carbocycles. The van der Waals surface area contributed by atoms with Gasteiger partial charge in [-0.15, -0.1) is 0 Å². The molecule has 1 aromatic rings. The van der Waals surface area contributed by atoms with Crippen LogP contribution in [0.25, 0.3) is 0 Å². The predicted molar refractivity (Wildman–Crippen MR) is 70.4 cm³/mol. The van der Waals surface area contributed by atoms with Crippen LogP contribution >= 0.6 is 23.2 Å². The smallest absolute Gasteiger partial charge is 0.225 e. The Kier molecular flexibility index (Phi) is 3.92. The lowest BCUT2D eigenvalue weighted by atomic mass is 10.1. The summed E-state index contributed by atoms with van der Waals surface area (Å²) in [6, 6.07) is 4.91. The molecule has 0 saturated heterocycles. The summed E-state index contributed by atoms with van der Waals surface area (Å²) < 4.78 is 0. The summed E-state index contributed by atoms with van der Waals surface area (Å²) in [6.07, 6.45) is 2.59. The Labute approximate surface area is 110 Å². The Balaban J connectivity index is 1.94. The minimum Gasteiger partial charge on any atom is -0.327 e. The van der Waals surface area contributed by atoms with Gasteiger partial charge in [0.2, 0.25) is 5.91 Å². The summed E-state index contributed by atoms with van der Waals surface area (Å²) in [6.45, 7) is 0. The first-order valence-corrected chi connectivity index (χ1v) is 6.32. The number of nitrogens with two attached hydrogens (primary N) is 1. The monoisotopic (exact) mass is 272 g/mol. The van der Waals surface area contributed by atoms with Crippen LogP contribution in [0.3, 0.4) is 0 Å². The molecule has 92 valence electrons. The van der Waals surface area contributed by atoms with Crippen molar-refractivity contribution in [1.82, 2.24) is 0 Å². The fraction of sp³-hybridized carbons (Fsp3) is 0.417. The fourth-order valence-electron chi connectivity index (χ4n) is 1.70. The van der Waals surface area contributed by atoms with Crippen LogP contribution in [0.15, 0.2) is 18.2 Å². The number of amides is 1. The second-order valence-electron chi connectivity index (χ2n) is 4.38. The molecule has 5 heteroatoms. The summed E-state index contributed by atoms with van der Waals surface area (Å²) in [7, 11) is 0. The first kappa shape index (κ1) is 12.7. The molecule has 1 aromatic carbocycles. The average Bonchev–Trinajstić information content (AvgIpc) is 3.06. The van der Waals surface area contributed by atoms with Gasteiger partial charge in [-0.3, -0.25) is 4.79 Å². The van der Waals surface area contributed by atoms with E-state index in [2.05, 4.69) is 5.32 Å². The first-order valence-electron chi connectivity index (χ1n) is 5.57. The van der Waals surface area contributed by atoms with Crippen molar-refractivity contribution in [3.8, 4) is 0 Å². The maximum absolute atomic E-state index is 11.7. The quantitative estimate of drug-likeness (QED) is 0.885. The second kappa shape index (κ2) is 5.25. The van der Waals surface area contributed by atoms with E-state index in [9.17, 15) is 4.79 Å². The third-order valence-electron chi connectivity index (χ3n) is 2.85. The number of carbonyl (C=O) groups is 1. The summed E-state index contributed by atoms with van der Waals surface area (Å²) in [5.74, 6) is 0.393. The molecule has 1 fully saturated rings. The number of nitrogens with one attached hydrogen (secondary N) is 1. The molecule has 1 amide bonds. The first-order chi connectivity index (χ1) is 8.06. The van der Waals surface area contributed by atoms with E-state index in [1.807, 2.05) is 0 Å². The van der Waals surface area contributed by atoms with Crippen molar-refractivity contribution in [2.45, 2.75) is 25.3 Å². The molecule has 3 N–H and O–H groups in total. The van der Waals surface area contributed by atoms with Gasteiger partial charge in [-0.25, -0.2) is 0 Å². The maximum atomic E-state index is 11.7. The van der Waals surface area contributed by atoms with Crippen molar-refractivity contribution in [1.29, 1.82) is 0 Å². The molecule has 3 nitrogen and oxygen atoms in total. The van der Waals surface area contributed by atoms with Gasteiger partial charge in [0.15, 0.2) is 0 Å². The van der Waals surface area contributed by atoms with Crippen LogP contribution in [0.1, 0.15) is 19.3 Å². The molecule has 0 bridgehead atoms. The number of carbonyl (C=O) groups excluding carboxylic acids is 1. The lowest BCUT2D eigenvalue weighted by molar-refractivity contribution is -0.116. The number of halogens is 2. The van der Waals surface area contributed by atoms with Crippen molar-refractivity contribution >= 4 is 34.8 Å². The lowest BCUT2D eigenvalue weighted by Gasteiger charge is -2.11. The number of benzene rings is 1. The van der Waals surface area contributed by atoms with Crippen molar-refractivity contribution < 1.29 is 4.79 Å². The Bertz CT molecular complexity index is 433. The highest BCUT2D eigenvalue weighted by Crippen LogP contribution is 2.33. The standard InChI is InChI=1S/C12H14Cl2N2O/c13-8-3-4-9(14)11(5-8)16-12(17)6-10(15)7-1-2-7/h3-5,7,10H,1-2,6,15H2,(H,16,17). The normalized spacial score (nSPS) is 16.6. The molecular formula is C12H14Cl2N2O. The molecule has 0 aliphatic heterocycles. The molecule has 0 radical (unpaired) electrons. The molecule has 0 heterocycles. The van der Waals surface area contributed by atoms with Gasteiger partial charge in [0.1, 0.15) is 0 Å². The van der Waals surface area contributed by atoms with Crippen LogP contribution in [0.2, 0.25) is 10.0 Å². The summed E-state index contributed by atoms with van der Waals surface area (Å²) in [5.41, 5.74) is 6.42. The predicted octanol–water partition coefficient (Wildman–Crippen LogP) is 3.06. The van der Waals surface area contributed by atoms with E-state index in [0.29, 0.717) is 28.1 Å². The molecule has 1 aliphatic rings. The second-order valence-corrected chi connectivity index (χ2v) is 5.22. The van der Waals surface area contributed by atoms with E-state index >= 15 is 0 Å². The Morgan fingerprint density at radius 1 is 1.47 bits per heavy atom. The van der Waals surface area contributed by atoms with E-state index in [0.717, 1.165) is 12.8 Å². The van der Waals surface area contributed by atoms with Gasteiger partial charge in [0.25, 0.3) is 0 Å². The fourth-order valence-corrected chi connectivity index (χ4v) is 2.04. The molecule has 1 unspecified atom stereocenters. The molecule has 1 atom stereocenters. The molecule has 0 spiro atoms. The van der Waals surface area contributed by atoms with Gasteiger partial charge in [0, 0.05) is 17.5 Å². The van der Waals surface area contributed by atoms with Crippen LogP contribution in [0, 0.1) is 5.92 Å². The summed E-state index contributed by atoms with van der Waals surface area (Å²) >= 11 is 11.8. The zero-order valence-corrected chi connectivity index (χ0v) is 10.8. The van der Waals surface area contributed by atoms with Gasteiger partial charge in [-0.05, 0) is 37.0 Å². The minimum absolute atomic E-state index is 0.0482. The van der Waals surface area contributed by atoms with Crippen molar-refractivity contribution in [2.75, 3.05) is 5.32 Å². The van der Waals surface area contributed by atoms with Gasteiger partial charge >= 0.3 is 0 Å². The highest BCUT2D eigenvalue weighted by molar-refractivity contribution is 6.35. The Morgan fingerprint density at radius 3 is 2.82 bits per heavy atom. The van der Waals surface area contributed by atoms with Crippen LogP contribution in [0.5, 0.6) is 0 Å². The third kappa shape index (κ3) is 3.60. The van der Waals surface area contributed by atoms with E-state index in [-0.39, 0.29) is 11.9 Å². The van der Waals surface area contributed by atoms with E-state index in [4.69, 9.17) is 28.9 Å². The summed E-state index contributed by atoms with van der Waals surface area (Å²) in [5, 5.41) is 3.74. The molecule has 17 heavy (non-hydrogen) atoms. The minimum atomic E-state index is -0.117. The third-order valence-corrected chi connectivity index (χ3v) is 3.42.